The van der Waals surface area contributed by atoms with E-state index in [1.165, 1.54) is 0 Å². The van der Waals surface area contributed by atoms with Gasteiger partial charge in [0.15, 0.2) is 5.78 Å². The molecule has 0 N–H and O–H groups in total. The van der Waals surface area contributed by atoms with Gasteiger partial charge in [-0.25, -0.2) is 0 Å². The van der Waals surface area contributed by atoms with Crippen molar-refractivity contribution in [3.8, 4) is 0 Å². The van der Waals surface area contributed by atoms with E-state index in [0.29, 0.717) is 24.0 Å². The van der Waals surface area contributed by atoms with Gasteiger partial charge in [-0.2, -0.15) is 0 Å². The average molecular weight is 162 g/mol. The second-order valence-corrected chi connectivity index (χ2v) is 2.52. The summed E-state index contributed by atoms with van der Waals surface area (Å²) in [6.07, 6.45) is 4.35. The Morgan fingerprint density at radius 3 is 1.58 bits per heavy atom. The van der Waals surface area contributed by atoms with Crippen LogP contribution in [0.4, 0.5) is 0 Å². The van der Waals surface area contributed by atoms with E-state index in [1.54, 1.807) is 12.2 Å². The Morgan fingerprint density at radius 1 is 1.00 bits per heavy atom. The molecular formula is C11H14O. The predicted octanol–water partition coefficient (Wildman–Crippen LogP) is 2.82. The third-order valence-corrected chi connectivity index (χ3v) is 1.42. The van der Waals surface area contributed by atoms with Crippen LogP contribution in [0.5, 0.6) is 0 Å². The van der Waals surface area contributed by atoms with E-state index >= 15 is 0 Å². The van der Waals surface area contributed by atoms with Crippen molar-refractivity contribution in [3.05, 3.63) is 49.6 Å². The predicted molar refractivity (Wildman–Crippen MR) is 52.9 cm³/mol. The molecule has 1 nitrogen and oxygen atoms in total. The van der Waals surface area contributed by atoms with Gasteiger partial charge in [0.25, 0.3) is 0 Å². The molecule has 0 aromatic carbocycles. The molecule has 0 spiro atoms. The fraction of sp³-hybridized carbons (Fsp3) is 0.182. The lowest BCUT2D eigenvalue weighted by Gasteiger charge is -2.02. The van der Waals surface area contributed by atoms with Crippen LogP contribution in [0.25, 0.3) is 0 Å². The van der Waals surface area contributed by atoms with Crippen LogP contribution in [0, 0.1) is 0 Å². The van der Waals surface area contributed by atoms with Gasteiger partial charge in [0.2, 0.25) is 0 Å². The standard InChI is InChI=1S/C11H14O/c1-5-7-9(3)11(12)10(4)8-6-2/h5-6H,1-4,7-8H2. The van der Waals surface area contributed by atoms with Crippen LogP contribution in [0.3, 0.4) is 0 Å². The molecule has 0 aliphatic rings. The van der Waals surface area contributed by atoms with Crippen molar-refractivity contribution >= 4 is 5.78 Å². The summed E-state index contributed by atoms with van der Waals surface area (Å²) >= 11 is 0. The van der Waals surface area contributed by atoms with Crippen LogP contribution in [0.15, 0.2) is 49.6 Å². The highest BCUT2D eigenvalue weighted by Gasteiger charge is 2.07. The largest absolute Gasteiger partial charge is 0.289 e. The molecule has 0 bridgehead atoms. The van der Waals surface area contributed by atoms with E-state index in [-0.39, 0.29) is 5.78 Å². The fourth-order valence-corrected chi connectivity index (χ4v) is 0.784. The first kappa shape index (κ1) is 10.6. The summed E-state index contributed by atoms with van der Waals surface area (Å²) in [6, 6.07) is 0. The average Bonchev–Trinajstić information content (AvgIpc) is 2.04. The molecule has 0 aromatic heterocycles. The first-order valence-electron chi connectivity index (χ1n) is 3.75. The normalized spacial score (nSPS) is 8.67. The summed E-state index contributed by atoms with van der Waals surface area (Å²) < 4.78 is 0. The highest BCUT2D eigenvalue weighted by atomic mass is 16.1. The van der Waals surface area contributed by atoms with Gasteiger partial charge in [0.1, 0.15) is 0 Å². The topological polar surface area (TPSA) is 17.1 Å². The minimum Gasteiger partial charge on any atom is -0.289 e. The van der Waals surface area contributed by atoms with Crippen molar-refractivity contribution in [1.29, 1.82) is 0 Å². The number of carbonyl (C=O) groups excluding carboxylic acids is 1. The van der Waals surface area contributed by atoms with Crippen LogP contribution in [0.2, 0.25) is 0 Å². The second-order valence-electron chi connectivity index (χ2n) is 2.52. The first-order valence-corrected chi connectivity index (χ1v) is 3.75. The maximum Gasteiger partial charge on any atom is 0.184 e. The van der Waals surface area contributed by atoms with E-state index in [9.17, 15) is 4.79 Å². The van der Waals surface area contributed by atoms with E-state index in [4.69, 9.17) is 0 Å². The lowest BCUT2D eigenvalue weighted by Crippen LogP contribution is -2.03. The molecular weight excluding hydrogens is 148 g/mol. The van der Waals surface area contributed by atoms with Gasteiger partial charge >= 0.3 is 0 Å². The smallest absolute Gasteiger partial charge is 0.184 e. The molecule has 0 aliphatic heterocycles. The zero-order chi connectivity index (χ0) is 9.56. The molecule has 0 rings (SSSR count). The van der Waals surface area contributed by atoms with E-state index in [2.05, 4.69) is 26.3 Å². The molecule has 0 radical (unpaired) electrons. The first-order chi connectivity index (χ1) is 5.63. The summed E-state index contributed by atoms with van der Waals surface area (Å²) in [5.41, 5.74) is 1.08. The Labute approximate surface area is 73.8 Å². The minimum absolute atomic E-state index is 0.0743. The van der Waals surface area contributed by atoms with Crippen molar-refractivity contribution in [2.45, 2.75) is 12.8 Å². The van der Waals surface area contributed by atoms with Gasteiger partial charge in [-0.3, -0.25) is 4.79 Å². The van der Waals surface area contributed by atoms with Crippen LogP contribution in [-0.4, -0.2) is 5.78 Å². The van der Waals surface area contributed by atoms with Crippen molar-refractivity contribution in [3.63, 3.8) is 0 Å². The molecule has 0 amide bonds. The summed E-state index contributed by atoms with van der Waals surface area (Å²) in [5.74, 6) is -0.0743. The number of rotatable bonds is 6. The summed E-state index contributed by atoms with van der Waals surface area (Å²) in [4.78, 5) is 11.3. The van der Waals surface area contributed by atoms with Gasteiger partial charge < -0.3 is 0 Å². The third kappa shape index (κ3) is 3.15. The van der Waals surface area contributed by atoms with Crippen LogP contribution >= 0.6 is 0 Å². The molecule has 1 heteroatoms. The monoisotopic (exact) mass is 162 g/mol. The minimum atomic E-state index is -0.0743. The quantitative estimate of drug-likeness (QED) is 0.433. The maximum atomic E-state index is 11.3. The third-order valence-electron chi connectivity index (χ3n) is 1.42. The number of allylic oxidation sites excluding steroid dienone is 4. The van der Waals surface area contributed by atoms with Crippen molar-refractivity contribution in [2.24, 2.45) is 0 Å². The Kier molecular flexibility index (Phi) is 4.70. The summed E-state index contributed by atoms with van der Waals surface area (Å²) in [5, 5.41) is 0. The van der Waals surface area contributed by atoms with Gasteiger partial charge in [-0.15, -0.1) is 13.2 Å². The lowest BCUT2D eigenvalue weighted by molar-refractivity contribution is -0.112. The number of hydrogen-bond acceptors (Lipinski definition) is 1. The van der Waals surface area contributed by atoms with Crippen LogP contribution < -0.4 is 0 Å². The molecule has 0 heterocycles. The number of ketones is 1. The van der Waals surface area contributed by atoms with E-state index in [0.717, 1.165) is 0 Å². The highest BCUT2D eigenvalue weighted by Crippen LogP contribution is 2.09. The summed E-state index contributed by atoms with van der Waals surface area (Å²) in [6.45, 7) is 14.3. The van der Waals surface area contributed by atoms with Gasteiger partial charge in [-0.1, -0.05) is 25.3 Å². The van der Waals surface area contributed by atoms with Crippen LogP contribution in [0.1, 0.15) is 12.8 Å². The molecule has 0 aromatic rings. The van der Waals surface area contributed by atoms with Crippen molar-refractivity contribution in [1.82, 2.24) is 0 Å². The lowest BCUT2D eigenvalue weighted by atomic mass is 10.0. The van der Waals surface area contributed by atoms with Gasteiger partial charge in [-0.05, 0) is 24.0 Å². The number of hydrogen-bond donors (Lipinski definition) is 0. The molecule has 0 unspecified atom stereocenters. The SMILES string of the molecule is C=CCC(=C)C(=O)C(=C)CC=C. The molecule has 0 fully saturated rings. The summed E-state index contributed by atoms with van der Waals surface area (Å²) in [7, 11) is 0. The second kappa shape index (κ2) is 5.30. The Hall–Kier alpha value is -1.37. The van der Waals surface area contributed by atoms with Crippen molar-refractivity contribution in [2.75, 3.05) is 0 Å². The number of carbonyl (C=O) groups is 1. The molecule has 0 atom stereocenters. The van der Waals surface area contributed by atoms with E-state index < -0.39 is 0 Å². The molecule has 0 saturated carbocycles. The fourth-order valence-electron chi connectivity index (χ4n) is 0.784. The number of Topliss-reactive ketones (excluding diaryl/α,β-unsaturated/α-hetero) is 1. The molecule has 0 aliphatic carbocycles. The Balaban J connectivity index is 4.18. The Bertz CT molecular complexity index is 209. The zero-order valence-electron chi connectivity index (χ0n) is 7.31. The molecule has 12 heavy (non-hydrogen) atoms. The van der Waals surface area contributed by atoms with Crippen LogP contribution in [-0.2, 0) is 4.79 Å². The highest BCUT2D eigenvalue weighted by molar-refractivity contribution is 6.07. The zero-order valence-corrected chi connectivity index (χ0v) is 7.31. The van der Waals surface area contributed by atoms with Gasteiger partial charge in [0.05, 0.1) is 0 Å². The van der Waals surface area contributed by atoms with Gasteiger partial charge in [0, 0.05) is 0 Å². The van der Waals surface area contributed by atoms with Crippen molar-refractivity contribution < 1.29 is 4.79 Å². The molecule has 64 valence electrons. The maximum absolute atomic E-state index is 11.3. The van der Waals surface area contributed by atoms with E-state index in [1.807, 2.05) is 0 Å². The Morgan fingerprint density at radius 2 is 1.33 bits per heavy atom. The molecule has 0 saturated heterocycles.